The average molecular weight is 497 g/mol. The first-order valence-electron chi connectivity index (χ1n) is 11.0. The summed E-state index contributed by atoms with van der Waals surface area (Å²) in [6.07, 6.45) is -5.10. The van der Waals surface area contributed by atoms with E-state index < -0.39 is 47.2 Å². The van der Waals surface area contributed by atoms with Gasteiger partial charge in [0.05, 0.1) is 30.6 Å². The van der Waals surface area contributed by atoms with E-state index in [-0.39, 0.29) is 23.9 Å². The zero-order chi connectivity index (χ0) is 25.5. The predicted molar refractivity (Wildman–Crippen MR) is 119 cm³/mol. The molecule has 0 saturated carbocycles. The number of alkyl halides is 3. The molecule has 0 unspecified atom stereocenters. The first-order chi connectivity index (χ1) is 16.3. The Morgan fingerprint density at radius 2 is 1.89 bits per heavy atom. The number of amides is 1. The molecule has 0 aromatic carbocycles. The highest BCUT2D eigenvalue weighted by molar-refractivity contribution is 5.90. The lowest BCUT2D eigenvalue weighted by Gasteiger charge is -2.29. The smallest absolute Gasteiger partial charge is 0.434 e. The number of anilines is 3. The molecule has 11 nitrogen and oxygen atoms in total. The van der Waals surface area contributed by atoms with Gasteiger partial charge in [0.15, 0.2) is 5.69 Å². The van der Waals surface area contributed by atoms with E-state index in [1.165, 1.54) is 11.0 Å². The topological polar surface area (TPSA) is 140 Å². The van der Waals surface area contributed by atoms with E-state index in [4.69, 9.17) is 15.2 Å². The molecule has 0 aliphatic carbocycles. The Morgan fingerprint density at radius 3 is 2.51 bits per heavy atom. The minimum absolute atomic E-state index is 0.0530. The molecule has 35 heavy (non-hydrogen) atoms. The summed E-state index contributed by atoms with van der Waals surface area (Å²) in [4.78, 5) is 31.7. The van der Waals surface area contributed by atoms with Gasteiger partial charge >= 0.3 is 12.3 Å². The van der Waals surface area contributed by atoms with Crippen LogP contribution in [0.1, 0.15) is 32.9 Å². The minimum atomic E-state index is -4.83. The zero-order valence-corrected chi connectivity index (χ0v) is 19.4. The van der Waals surface area contributed by atoms with Gasteiger partial charge < -0.3 is 25.2 Å². The number of rotatable bonds is 5. The molecule has 0 spiro atoms. The van der Waals surface area contributed by atoms with E-state index in [1.54, 1.807) is 25.7 Å². The number of aliphatic hydroxyl groups is 1. The van der Waals surface area contributed by atoms with Crippen molar-refractivity contribution in [2.45, 2.75) is 51.1 Å². The summed E-state index contributed by atoms with van der Waals surface area (Å²) in [6.45, 7) is 6.49. The van der Waals surface area contributed by atoms with Crippen LogP contribution in [0.25, 0.3) is 11.3 Å². The first-order valence-corrected chi connectivity index (χ1v) is 11.0. The second-order valence-electron chi connectivity index (χ2n) is 9.05. The molecule has 2 saturated heterocycles. The third-order valence-electron chi connectivity index (χ3n) is 5.69. The van der Waals surface area contributed by atoms with Crippen LogP contribution in [0.4, 0.5) is 35.7 Å². The maximum atomic E-state index is 13.8. The average Bonchev–Trinajstić information content (AvgIpc) is 3.04. The highest BCUT2D eigenvalue weighted by atomic mass is 19.4. The van der Waals surface area contributed by atoms with Crippen molar-refractivity contribution >= 4 is 23.8 Å². The van der Waals surface area contributed by atoms with Crippen molar-refractivity contribution in [2.75, 3.05) is 41.8 Å². The van der Waals surface area contributed by atoms with Crippen LogP contribution in [0.3, 0.4) is 0 Å². The van der Waals surface area contributed by atoms with Crippen LogP contribution >= 0.6 is 0 Å². The molecule has 0 bridgehead atoms. The lowest BCUT2D eigenvalue weighted by molar-refractivity contribution is -0.140. The normalized spacial score (nSPS) is 21.4. The summed E-state index contributed by atoms with van der Waals surface area (Å²) in [5.74, 6) is -0.358. The molecular weight excluding hydrogens is 471 g/mol. The molecule has 14 heteroatoms. The van der Waals surface area contributed by atoms with Crippen LogP contribution in [-0.4, -0.2) is 75.2 Å². The fourth-order valence-electron chi connectivity index (χ4n) is 4.01. The van der Waals surface area contributed by atoms with E-state index in [0.717, 1.165) is 6.20 Å². The Bertz CT molecular complexity index is 1100. The number of ether oxygens (including phenoxy) is 2. The number of carbonyl (C=O) groups is 1. The largest absolute Gasteiger partial charge is 0.443 e. The van der Waals surface area contributed by atoms with Crippen LogP contribution in [0.15, 0.2) is 12.3 Å². The van der Waals surface area contributed by atoms with Gasteiger partial charge in [-0.25, -0.2) is 19.7 Å². The van der Waals surface area contributed by atoms with E-state index in [9.17, 15) is 23.1 Å². The van der Waals surface area contributed by atoms with Crippen molar-refractivity contribution in [3.05, 3.63) is 18.0 Å². The van der Waals surface area contributed by atoms with Crippen molar-refractivity contribution in [3.8, 4) is 11.3 Å². The van der Waals surface area contributed by atoms with Gasteiger partial charge in [-0.1, -0.05) is 0 Å². The summed E-state index contributed by atoms with van der Waals surface area (Å²) in [5, 5.41) is 10.2. The van der Waals surface area contributed by atoms with Crippen molar-refractivity contribution in [1.82, 2.24) is 19.9 Å². The third-order valence-corrected chi connectivity index (χ3v) is 5.69. The Hall–Kier alpha value is -3.26. The number of hydrogen-bond acceptors (Lipinski definition) is 10. The Kier molecular flexibility index (Phi) is 6.44. The molecule has 4 heterocycles. The van der Waals surface area contributed by atoms with Crippen LogP contribution in [0.2, 0.25) is 0 Å². The van der Waals surface area contributed by atoms with Gasteiger partial charge in [-0.05, 0) is 20.8 Å². The van der Waals surface area contributed by atoms with Crippen LogP contribution in [-0.2, 0) is 15.7 Å². The summed E-state index contributed by atoms with van der Waals surface area (Å²) >= 11 is 0. The fraction of sp³-hybridized carbons (Fsp3) is 0.571. The number of morpholine rings is 1. The molecule has 2 atom stereocenters. The lowest BCUT2D eigenvalue weighted by Crippen LogP contribution is -2.39. The monoisotopic (exact) mass is 497 g/mol. The first kappa shape index (κ1) is 24.9. The minimum Gasteiger partial charge on any atom is -0.443 e. The van der Waals surface area contributed by atoms with Crippen molar-refractivity contribution in [3.63, 3.8) is 0 Å². The number of nitrogens with zero attached hydrogens (tertiary/aromatic N) is 6. The van der Waals surface area contributed by atoms with Crippen molar-refractivity contribution in [2.24, 2.45) is 0 Å². The maximum Gasteiger partial charge on any atom is 0.434 e. The number of hydrogen-bond donors (Lipinski definition) is 2. The van der Waals surface area contributed by atoms with Gasteiger partial charge in [-0.2, -0.15) is 18.2 Å². The number of cyclic esters (lactones) is 1. The summed E-state index contributed by atoms with van der Waals surface area (Å²) < 4.78 is 52.1. The Morgan fingerprint density at radius 1 is 1.20 bits per heavy atom. The predicted octanol–water partition coefficient (Wildman–Crippen LogP) is 2.25. The van der Waals surface area contributed by atoms with Crippen molar-refractivity contribution < 1.29 is 32.5 Å². The van der Waals surface area contributed by atoms with E-state index in [1.807, 2.05) is 0 Å². The third kappa shape index (κ3) is 5.37. The summed E-state index contributed by atoms with van der Waals surface area (Å²) in [7, 11) is 0. The van der Waals surface area contributed by atoms with Crippen molar-refractivity contribution in [1.29, 1.82) is 0 Å². The molecule has 190 valence electrons. The second-order valence-corrected chi connectivity index (χ2v) is 9.05. The van der Waals surface area contributed by atoms with Gasteiger partial charge in [0.25, 0.3) is 0 Å². The lowest BCUT2D eigenvalue weighted by atomic mass is 9.97. The number of halogens is 3. The van der Waals surface area contributed by atoms with Crippen LogP contribution in [0, 0.1) is 0 Å². The molecule has 1 amide bonds. The second kappa shape index (κ2) is 9.07. The number of carbonyl (C=O) groups excluding carboxylic acids is 1. The van der Waals surface area contributed by atoms with Gasteiger partial charge in [-0.15, -0.1) is 0 Å². The molecule has 2 aliphatic rings. The van der Waals surface area contributed by atoms with Gasteiger partial charge in [0.1, 0.15) is 11.9 Å². The highest BCUT2D eigenvalue weighted by Gasteiger charge is 2.43. The Balaban J connectivity index is 1.82. The van der Waals surface area contributed by atoms with Gasteiger partial charge in [-0.3, -0.25) is 4.90 Å². The molecule has 0 radical (unpaired) electrons. The summed E-state index contributed by atoms with van der Waals surface area (Å²) in [6, 6.07) is 0.706. The van der Waals surface area contributed by atoms with E-state index in [2.05, 4.69) is 19.9 Å². The zero-order valence-electron chi connectivity index (χ0n) is 19.4. The molecule has 2 aromatic rings. The molecule has 4 rings (SSSR count). The Labute approximate surface area is 199 Å². The molecule has 2 aliphatic heterocycles. The number of aromatic nitrogens is 4. The van der Waals surface area contributed by atoms with Gasteiger partial charge in [0, 0.05) is 37.3 Å². The summed E-state index contributed by atoms with van der Waals surface area (Å²) in [5.41, 5.74) is 2.53. The van der Waals surface area contributed by atoms with Crippen LogP contribution < -0.4 is 15.5 Å². The molecule has 2 fully saturated rings. The number of nitrogens with two attached hydrogens (primary N) is 1. The van der Waals surface area contributed by atoms with Crippen LogP contribution in [0.5, 0.6) is 0 Å². The quantitative estimate of drug-likeness (QED) is 0.632. The number of nitrogen functional groups attached to an aromatic ring is 1. The maximum absolute atomic E-state index is 13.8. The molecular formula is C21H26F3N7O4. The fourth-order valence-corrected chi connectivity index (χ4v) is 4.01. The van der Waals surface area contributed by atoms with E-state index >= 15 is 0 Å². The highest BCUT2D eigenvalue weighted by Crippen LogP contribution is 2.38. The SMILES string of the molecule is C[C@H]1[C@H](CC(C)(C)O)OC(=O)N1c1cc(-c2cnc(N)nc2C(F)(F)F)nc(N2CCOCC2)n1. The molecule has 2 aromatic heterocycles. The van der Waals surface area contributed by atoms with E-state index in [0.29, 0.717) is 26.3 Å². The molecule has 3 N–H and O–H groups in total. The van der Waals surface area contributed by atoms with Gasteiger partial charge in [0.2, 0.25) is 11.9 Å². The standard InChI is InChI=1S/C21H26F3N7O4/c1-11-14(9-20(2,3)33)35-19(32)31(11)15-8-13(27-18(28-15)30-4-6-34-7-5-30)12-10-26-17(25)29-16(12)21(22,23)24/h8,10-11,14,33H,4-7,9H2,1-3H3,(H2,25,26,29)/t11-,14-/m0/s1.